The molecule has 1 aliphatic rings. The van der Waals surface area contributed by atoms with Crippen molar-refractivity contribution in [2.75, 3.05) is 12.3 Å². The van der Waals surface area contributed by atoms with Crippen LogP contribution in [0.15, 0.2) is 18.2 Å². The van der Waals surface area contributed by atoms with Crippen LogP contribution in [0.25, 0.3) is 0 Å². The first-order chi connectivity index (χ1) is 8.09. The Morgan fingerprint density at radius 1 is 1.59 bits per heavy atom. The average molecular weight is 239 g/mol. The molecule has 1 fully saturated rings. The number of anilines is 1. The Morgan fingerprint density at radius 2 is 2.35 bits per heavy atom. The van der Waals surface area contributed by atoms with Crippen molar-refractivity contribution < 1.29 is 18.8 Å². The summed E-state index contributed by atoms with van der Waals surface area (Å²) in [6.07, 6.45) is 0. The third-order valence-electron chi connectivity index (χ3n) is 2.34. The minimum absolute atomic E-state index is 0.00954. The van der Waals surface area contributed by atoms with Gasteiger partial charge >= 0.3 is 0 Å². The second-order valence-corrected chi connectivity index (χ2v) is 3.50. The van der Waals surface area contributed by atoms with Crippen LogP contribution in [-0.2, 0) is 9.63 Å². The maximum atomic E-state index is 13.1. The maximum Gasteiger partial charge on any atom is 0.268 e. The second-order valence-electron chi connectivity index (χ2n) is 3.50. The van der Waals surface area contributed by atoms with E-state index in [4.69, 9.17) is 5.73 Å². The van der Waals surface area contributed by atoms with Gasteiger partial charge in [-0.2, -0.15) is 0 Å². The fourth-order valence-corrected chi connectivity index (χ4v) is 1.42. The first-order valence-corrected chi connectivity index (χ1v) is 4.86. The monoisotopic (exact) mass is 239 g/mol. The van der Waals surface area contributed by atoms with Crippen LogP contribution in [0.5, 0.6) is 0 Å². The highest BCUT2D eigenvalue weighted by Crippen LogP contribution is 2.15. The molecule has 0 bridgehead atoms. The van der Waals surface area contributed by atoms with E-state index in [0.717, 1.165) is 6.07 Å². The van der Waals surface area contributed by atoms with E-state index in [-0.39, 0.29) is 17.9 Å². The van der Waals surface area contributed by atoms with E-state index in [9.17, 15) is 14.0 Å². The molecule has 0 saturated carbocycles. The van der Waals surface area contributed by atoms with Gasteiger partial charge in [-0.15, -0.1) is 0 Å². The molecule has 17 heavy (non-hydrogen) atoms. The Morgan fingerprint density at radius 3 is 3.00 bits per heavy atom. The largest absolute Gasteiger partial charge is 0.396 e. The quantitative estimate of drug-likeness (QED) is 0.610. The first-order valence-electron chi connectivity index (χ1n) is 4.86. The Kier molecular flexibility index (Phi) is 2.92. The van der Waals surface area contributed by atoms with Crippen LogP contribution in [0.4, 0.5) is 10.1 Å². The molecule has 2 amide bonds. The molecular weight excluding hydrogens is 229 g/mol. The summed E-state index contributed by atoms with van der Waals surface area (Å²) in [7, 11) is 0. The van der Waals surface area contributed by atoms with Crippen molar-refractivity contribution in [2.24, 2.45) is 0 Å². The minimum atomic E-state index is -0.787. The van der Waals surface area contributed by atoms with Crippen molar-refractivity contribution in [3.05, 3.63) is 29.6 Å². The van der Waals surface area contributed by atoms with Gasteiger partial charge in [0.1, 0.15) is 18.5 Å². The fourth-order valence-electron chi connectivity index (χ4n) is 1.42. The van der Waals surface area contributed by atoms with E-state index >= 15 is 0 Å². The van der Waals surface area contributed by atoms with Gasteiger partial charge in [-0.1, -0.05) is 6.07 Å². The van der Waals surface area contributed by atoms with E-state index in [2.05, 4.69) is 15.6 Å². The molecule has 0 unspecified atom stereocenters. The predicted octanol–water partition coefficient (Wildman–Crippen LogP) is -0.432. The molecule has 1 heterocycles. The highest BCUT2D eigenvalue weighted by molar-refractivity contribution is 6.01. The molecule has 6 nitrogen and oxygen atoms in total. The number of nitrogens with one attached hydrogen (secondary N) is 2. The van der Waals surface area contributed by atoms with Crippen molar-refractivity contribution in [3.63, 3.8) is 0 Å². The van der Waals surface area contributed by atoms with E-state index in [1.165, 1.54) is 12.1 Å². The Hall–Kier alpha value is -2.15. The van der Waals surface area contributed by atoms with Gasteiger partial charge in [-0.3, -0.25) is 14.4 Å². The molecule has 0 aliphatic carbocycles. The number of nitrogens with two attached hydrogens (primary N) is 1. The summed E-state index contributed by atoms with van der Waals surface area (Å²) in [5, 5.41) is 2.39. The number of amides is 2. The zero-order chi connectivity index (χ0) is 12.4. The number of hydrogen-bond acceptors (Lipinski definition) is 4. The summed E-state index contributed by atoms with van der Waals surface area (Å²) in [5.74, 6) is -1.74. The van der Waals surface area contributed by atoms with Gasteiger partial charge in [0.05, 0.1) is 11.3 Å². The number of hydrogen-bond donors (Lipinski definition) is 3. The molecule has 2 rings (SSSR count). The lowest BCUT2D eigenvalue weighted by Gasteiger charge is -2.10. The zero-order valence-electron chi connectivity index (χ0n) is 8.70. The molecule has 7 heteroatoms. The van der Waals surface area contributed by atoms with Gasteiger partial charge in [0, 0.05) is 0 Å². The second kappa shape index (κ2) is 4.38. The lowest BCUT2D eigenvalue weighted by molar-refractivity contribution is -0.125. The average Bonchev–Trinajstić information content (AvgIpc) is 2.68. The van der Waals surface area contributed by atoms with Crippen LogP contribution in [0.1, 0.15) is 10.4 Å². The predicted molar refractivity (Wildman–Crippen MR) is 56.2 cm³/mol. The highest BCUT2D eigenvalue weighted by atomic mass is 19.1. The normalized spacial score (nSPS) is 18.9. The number of carbonyl (C=O) groups excluding carboxylic acids is 2. The third kappa shape index (κ3) is 2.18. The molecule has 4 N–H and O–H groups in total. The Labute approximate surface area is 95.9 Å². The van der Waals surface area contributed by atoms with Gasteiger partial charge in [-0.25, -0.2) is 9.87 Å². The molecule has 0 spiro atoms. The number of rotatable bonds is 2. The van der Waals surface area contributed by atoms with Crippen LogP contribution >= 0.6 is 0 Å². The fraction of sp³-hybridized carbons (Fsp3) is 0.200. The lowest BCUT2D eigenvalue weighted by atomic mass is 10.1. The van der Waals surface area contributed by atoms with E-state index in [1.807, 2.05) is 0 Å². The van der Waals surface area contributed by atoms with Gasteiger partial charge in [0.25, 0.3) is 11.8 Å². The smallest absolute Gasteiger partial charge is 0.268 e. The summed E-state index contributed by atoms with van der Waals surface area (Å²) in [4.78, 5) is 27.5. The lowest BCUT2D eigenvalue weighted by Crippen LogP contribution is -2.41. The number of para-hydroxylation sites is 1. The maximum absolute atomic E-state index is 13.1. The van der Waals surface area contributed by atoms with E-state index in [1.54, 1.807) is 0 Å². The number of benzene rings is 1. The van der Waals surface area contributed by atoms with Gasteiger partial charge < -0.3 is 11.1 Å². The van der Waals surface area contributed by atoms with Gasteiger partial charge in [0.2, 0.25) is 0 Å². The highest BCUT2D eigenvalue weighted by Gasteiger charge is 2.28. The summed E-state index contributed by atoms with van der Waals surface area (Å²) < 4.78 is 13.1. The SMILES string of the molecule is Nc1c(F)cccc1C(=O)N[C@@H]1CONC1=O. The van der Waals surface area contributed by atoms with Crippen LogP contribution < -0.4 is 16.5 Å². The summed E-state index contributed by atoms with van der Waals surface area (Å²) in [6.45, 7) is 0.0276. The van der Waals surface area contributed by atoms with Crippen molar-refractivity contribution in [1.82, 2.24) is 10.8 Å². The molecular formula is C10H10FN3O3. The summed E-state index contributed by atoms with van der Waals surface area (Å²) in [5.41, 5.74) is 7.26. The molecule has 90 valence electrons. The Balaban J connectivity index is 2.14. The van der Waals surface area contributed by atoms with Crippen LogP contribution in [0, 0.1) is 5.82 Å². The summed E-state index contributed by atoms with van der Waals surface area (Å²) >= 11 is 0. The minimum Gasteiger partial charge on any atom is -0.396 e. The Bertz CT molecular complexity index is 478. The van der Waals surface area contributed by atoms with Crippen LogP contribution in [-0.4, -0.2) is 24.5 Å². The standard InChI is InChI=1S/C10H10FN3O3/c11-6-3-1-2-5(8(6)12)9(15)13-7-4-17-14-10(7)16/h1-3,7H,4,12H2,(H,13,15)(H,14,16)/t7-/m1/s1. The zero-order valence-corrected chi connectivity index (χ0v) is 8.70. The molecule has 1 aromatic carbocycles. The van der Waals surface area contributed by atoms with Crippen molar-refractivity contribution in [1.29, 1.82) is 0 Å². The molecule has 1 atom stereocenters. The molecule has 1 saturated heterocycles. The number of nitrogen functional groups attached to an aromatic ring is 1. The number of halogens is 1. The number of hydroxylamine groups is 1. The third-order valence-corrected chi connectivity index (χ3v) is 2.34. The van der Waals surface area contributed by atoms with Crippen molar-refractivity contribution in [2.45, 2.75) is 6.04 Å². The van der Waals surface area contributed by atoms with E-state index < -0.39 is 23.7 Å². The molecule has 0 radical (unpaired) electrons. The summed E-state index contributed by atoms with van der Waals surface area (Å²) in [6, 6.07) is 3.11. The molecule has 1 aromatic rings. The van der Waals surface area contributed by atoms with Gasteiger partial charge in [-0.05, 0) is 12.1 Å². The van der Waals surface area contributed by atoms with E-state index in [0.29, 0.717) is 0 Å². The topological polar surface area (TPSA) is 93.5 Å². The van der Waals surface area contributed by atoms with Crippen LogP contribution in [0.2, 0.25) is 0 Å². The van der Waals surface area contributed by atoms with Crippen molar-refractivity contribution in [3.8, 4) is 0 Å². The number of carbonyl (C=O) groups is 2. The van der Waals surface area contributed by atoms with Crippen molar-refractivity contribution >= 4 is 17.5 Å². The van der Waals surface area contributed by atoms with Crippen LogP contribution in [0.3, 0.4) is 0 Å². The molecule has 0 aromatic heterocycles. The first kappa shape index (κ1) is 11.3. The van der Waals surface area contributed by atoms with Gasteiger partial charge in [0.15, 0.2) is 0 Å². The molecule has 1 aliphatic heterocycles.